The fourth-order valence-corrected chi connectivity index (χ4v) is 2.68. The van der Waals surface area contributed by atoms with Gasteiger partial charge in [-0.15, -0.1) is 0 Å². The van der Waals surface area contributed by atoms with Crippen LogP contribution in [0.25, 0.3) is 0 Å². The van der Waals surface area contributed by atoms with Gasteiger partial charge in [0, 0.05) is 0 Å². The highest BCUT2D eigenvalue weighted by Crippen LogP contribution is 2.22. The lowest BCUT2D eigenvalue weighted by Gasteiger charge is -2.18. The van der Waals surface area contributed by atoms with Crippen molar-refractivity contribution in [2.45, 2.75) is 102 Å². The fraction of sp³-hybridized carbons (Fsp3) is 0.944. The van der Waals surface area contributed by atoms with E-state index in [-0.39, 0.29) is 13.1 Å². The molecule has 0 fully saturated rings. The molecule has 0 heterocycles. The van der Waals surface area contributed by atoms with Crippen LogP contribution in [-0.4, -0.2) is 42.4 Å². The molecule has 150 valence electrons. The van der Waals surface area contributed by atoms with Gasteiger partial charge in [-0.1, -0.05) is 64.2 Å². The van der Waals surface area contributed by atoms with Gasteiger partial charge in [-0.2, -0.15) is 0 Å². The van der Waals surface area contributed by atoms with E-state index in [9.17, 15) is 26.7 Å². The molecule has 0 aromatic carbocycles. The second kappa shape index (κ2) is 15.4. The van der Waals surface area contributed by atoms with Crippen LogP contribution in [0.3, 0.4) is 0 Å². The summed E-state index contributed by atoms with van der Waals surface area (Å²) in [5.74, 6) is -2.12. The lowest BCUT2D eigenvalue weighted by molar-refractivity contribution is -0.147. The number of hydrogen-bond donors (Lipinski definition) is 1. The van der Waals surface area contributed by atoms with Gasteiger partial charge < -0.3 is 5.11 Å². The van der Waals surface area contributed by atoms with Crippen molar-refractivity contribution in [1.82, 2.24) is 0 Å². The zero-order chi connectivity index (χ0) is 19.1. The van der Waals surface area contributed by atoms with Gasteiger partial charge in [0.1, 0.15) is 6.17 Å². The molecule has 0 saturated heterocycles. The van der Waals surface area contributed by atoms with Crippen LogP contribution in [0.4, 0.5) is 22.0 Å². The highest BCUT2D eigenvalue weighted by molar-refractivity contribution is 5.73. The predicted octanol–water partition coefficient (Wildman–Crippen LogP) is 6.07. The Hall–Kier alpha value is -0.880. The minimum Gasteiger partial charge on any atom is -0.479 e. The summed E-state index contributed by atoms with van der Waals surface area (Å²) in [5.41, 5.74) is 0. The van der Waals surface area contributed by atoms with Crippen molar-refractivity contribution in [3.63, 3.8) is 0 Å². The smallest absolute Gasteiger partial charge is 0.341 e. The molecule has 0 rings (SSSR count). The summed E-state index contributed by atoms with van der Waals surface area (Å²) >= 11 is 0. The van der Waals surface area contributed by atoms with Crippen LogP contribution in [0.15, 0.2) is 0 Å². The quantitative estimate of drug-likeness (QED) is 0.248. The van der Waals surface area contributed by atoms with Crippen LogP contribution in [-0.2, 0) is 4.79 Å². The molecule has 0 aromatic rings. The van der Waals surface area contributed by atoms with Crippen molar-refractivity contribution in [2.24, 2.45) is 0 Å². The highest BCUT2D eigenvalue weighted by atomic mass is 19.2. The molecule has 1 N–H and O–H groups in total. The molecule has 7 heteroatoms. The first kappa shape index (κ1) is 24.1. The topological polar surface area (TPSA) is 37.3 Å². The normalized spacial score (nSPS) is 16.4. The molecule has 0 amide bonds. The van der Waals surface area contributed by atoms with E-state index in [2.05, 4.69) is 0 Å². The number of carboxylic acids is 1. The molecule has 0 aliphatic rings. The maximum Gasteiger partial charge on any atom is 0.341 e. The van der Waals surface area contributed by atoms with E-state index in [0.717, 1.165) is 51.4 Å². The Morgan fingerprint density at radius 2 is 1.08 bits per heavy atom. The number of unbranched alkanes of at least 4 members (excludes halogenated alkanes) is 10. The summed E-state index contributed by atoms with van der Waals surface area (Å²) in [4.78, 5) is 10.2. The Kier molecular flexibility index (Phi) is 14.8. The van der Waals surface area contributed by atoms with E-state index in [1.807, 2.05) is 0 Å². The van der Waals surface area contributed by atoms with E-state index in [1.54, 1.807) is 0 Å². The maximum absolute atomic E-state index is 13.5. The minimum absolute atomic E-state index is 0.234. The summed E-state index contributed by atoms with van der Waals surface area (Å²) in [5, 5.41) is 8.25. The van der Waals surface area contributed by atoms with E-state index >= 15 is 0 Å². The third-order valence-corrected chi connectivity index (χ3v) is 4.28. The average molecular weight is 374 g/mol. The van der Waals surface area contributed by atoms with E-state index < -0.39 is 30.7 Å². The van der Waals surface area contributed by atoms with Crippen molar-refractivity contribution in [2.75, 3.05) is 6.67 Å². The number of halogens is 5. The minimum atomic E-state index is -3.04. The van der Waals surface area contributed by atoms with Crippen LogP contribution in [0.1, 0.15) is 77.0 Å². The Labute approximate surface area is 147 Å². The summed E-state index contributed by atoms with van der Waals surface area (Å²) in [7, 11) is 0. The summed E-state index contributed by atoms with van der Waals surface area (Å²) in [6.45, 7) is -0.247. The Bertz CT molecular complexity index is 331. The highest BCUT2D eigenvalue weighted by Gasteiger charge is 2.39. The monoisotopic (exact) mass is 374 g/mol. The Morgan fingerprint density at radius 1 is 0.680 bits per heavy atom. The maximum atomic E-state index is 13.5. The molecule has 2 nitrogen and oxygen atoms in total. The predicted molar refractivity (Wildman–Crippen MR) is 88.6 cm³/mol. The average Bonchev–Trinajstić information content (AvgIpc) is 2.60. The molecule has 0 aliphatic heterocycles. The van der Waals surface area contributed by atoms with Gasteiger partial charge in [-0.05, 0) is 12.8 Å². The fourth-order valence-electron chi connectivity index (χ4n) is 2.68. The lowest BCUT2D eigenvalue weighted by Crippen LogP contribution is -2.39. The van der Waals surface area contributed by atoms with Gasteiger partial charge in [0.05, 0.1) is 6.67 Å². The first-order valence-corrected chi connectivity index (χ1v) is 9.26. The van der Waals surface area contributed by atoms with Crippen LogP contribution < -0.4 is 0 Å². The molecule has 0 aromatic heterocycles. The second-order valence-corrected chi connectivity index (χ2v) is 6.51. The Balaban J connectivity index is 3.54. The summed E-state index contributed by atoms with van der Waals surface area (Å²) < 4.78 is 64.7. The van der Waals surface area contributed by atoms with E-state index in [0.29, 0.717) is 19.3 Å². The van der Waals surface area contributed by atoms with Gasteiger partial charge in [0.2, 0.25) is 6.17 Å². The number of carboxylic acid groups (broad SMARTS) is 1. The van der Waals surface area contributed by atoms with Crippen molar-refractivity contribution in [3.8, 4) is 0 Å². The Morgan fingerprint density at radius 3 is 1.48 bits per heavy atom. The van der Waals surface area contributed by atoms with Gasteiger partial charge in [-0.3, -0.25) is 4.39 Å². The molecule has 4 unspecified atom stereocenters. The number of alkyl halides is 5. The van der Waals surface area contributed by atoms with Gasteiger partial charge in [0.25, 0.3) is 0 Å². The zero-order valence-electron chi connectivity index (χ0n) is 14.7. The number of hydrogen-bond acceptors (Lipinski definition) is 1. The van der Waals surface area contributed by atoms with Crippen molar-refractivity contribution in [3.05, 3.63) is 0 Å². The van der Waals surface area contributed by atoms with E-state index in [1.165, 1.54) is 0 Å². The third-order valence-electron chi connectivity index (χ3n) is 4.28. The third kappa shape index (κ3) is 12.2. The SMILES string of the molecule is O=C(O)C(F)C(F)C(F)C(F)CCCCCCCCCCCCCF. The molecular formula is C18H31F5O2. The molecular weight excluding hydrogens is 343 g/mol. The second-order valence-electron chi connectivity index (χ2n) is 6.51. The number of rotatable bonds is 17. The first-order chi connectivity index (χ1) is 11.9. The van der Waals surface area contributed by atoms with Gasteiger partial charge in [0.15, 0.2) is 12.3 Å². The van der Waals surface area contributed by atoms with Crippen LogP contribution in [0.5, 0.6) is 0 Å². The van der Waals surface area contributed by atoms with Crippen molar-refractivity contribution >= 4 is 5.97 Å². The van der Waals surface area contributed by atoms with Crippen LogP contribution in [0, 0.1) is 0 Å². The summed E-state index contributed by atoms with van der Waals surface area (Å²) in [6, 6.07) is 0. The molecule has 0 spiro atoms. The molecule has 0 aliphatic carbocycles. The van der Waals surface area contributed by atoms with Gasteiger partial charge in [-0.25, -0.2) is 22.4 Å². The molecule has 0 saturated carbocycles. The van der Waals surface area contributed by atoms with E-state index in [4.69, 9.17) is 5.11 Å². The largest absolute Gasteiger partial charge is 0.479 e. The number of aliphatic carboxylic acids is 1. The van der Waals surface area contributed by atoms with Crippen molar-refractivity contribution in [1.29, 1.82) is 0 Å². The first-order valence-electron chi connectivity index (χ1n) is 9.26. The molecule has 0 radical (unpaired) electrons. The van der Waals surface area contributed by atoms with Crippen LogP contribution >= 0.6 is 0 Å². The molecule has 4 atom stereocenters. The number of carbonyl (C=O) groups is 1. The molecule has 0 bridgehead atoms. The van der Waals surface area contributed by atoms with Crippen molar-refractivity contribution < 1.29 is 31.9 Å². The molecule has 25 heavy (non-hydrogen) atoms. The summed E-state index contributed by atoms with van der Waals surface area (Å²) in [6.07, 6.45) is -1.26. The van der Waals surface area contributed by atoms with Crippen LogP contribution in [0.2, 0.25) is 0 Å². The standard InChI is InChI=1S/C18H31F5O2/c19-13-11-9-7-5-3-1-2-4-6-8-10-12-14(20)15(21)16(22)17(23)18(24)25/h14-17H,1-13H2,(H,24,25). The van der Waals surface area contributed by atoms with Gasteiger partial charge >= 0.3 is 5.97 Å². The zero-order valence-corrected chi connectivity index (χ0v) is 14.7. The lowest BCUT2D eigenvalue weighted by atomic mass is 10.0.